The summed E-state index contributed by atoms with van der Waals surface area (Å²) < 4.78 is 5.31. The van der Waals surface area contributed by atoms with Crippen molar-refractivity contribution in [1.29, 1.82) is 0 Å². The summed E-state index contributed by atoms with van der Waals surface area (Å²) in [5, 5.41) is 0. The molecule has 0 fully saturated rings. The minimum atomic E-state index is -2.48. The van der Waals surface area contributed by atoms with E-state index in [1.807, 2.05) is 0 Å². The van der Waals surface area contributed by atoms with Crippen LogP contribution in [0.3, 0.4) is 0 Å². The van der Waals surface area contributed by atoms with Gasteiger partial charge in [0.25, 0.3) is 0 Å². The maximum absolute atomic E-state index is 4.16. The maximum atomic E-state index is 4.16. The van der Waals surface area contributed by atoms with Crippen molar-refractivity contribution < 1.29 is 0 Å². The monoisotopic (exact) mass is 468 g/mol. The van der Waals surface area contributed by atoms with Gasteiger partial charge in [-0.2, -0.15) is 0 Å². The SMILES string of the molecule is C=C[CH2][Sn]([CH2]C=C)([CH2][C@@H](CC)c1ccccc1)[CH2][C@@H](CC)c1ccccc1. The minimum absolute atomic E-state index is 0.676. The van der Waals surface area contributed by atoms with E-state index in [1.54, 1.807) is 0 Å². The van der Waals surface area contributed by atoms with Gasteiger partial charge in [0.1, 0.15) is 0 Å². The number of allylic oxidation sites excluding steroid dienone is 2. The zero-order chi connectivity index (χ0) is 19.5. The van der Waals surface area contributed by atoms with Crippen LogP contribution in [0.4, 0.5) is 0 Å². The van der Waals surface area contributed by atoms with Crippen LogP contribution >= 0.6 is 0 Å². The first-order valence-corrected chi connectivity index (χ1v) is 18.6. The fraction of sp³-hybridized carbons (Fsp3) is 0.385. The topological polar surface area (TPSA) is 0 Å². The first kappa shape index (κ1) is 22.0. The van der Waals surface area contributed by atoms with E-state index in [2.05, 4.69) is 99.8 Å². The van der Waals surface area contributed by atoms with Gasteiger partial charge >= 0.3 is 172 Å². The molecule has 0 N–H and O–H groups in total. The summed E-state index contributed by atoms with van der Waals surface area (Å²) in [6, 6.07) is 22.3. The Balaban J connectivity index is 2.32. The van der Waals surface area contributed by atoms with Crippen LogP contribution in [-0.4, -0.2) is 18.4 Å². The Bertz CT molecular complexity index is 612. The predicted octanol–water partition coefficient (Wildman–Crippen LogP) is 8.19. The van der Waals surface area contributed by atoms with E-state index in [4.69, 9.17) is 0 Å². The van der Waals surface area contributed by atoms with Gasteiger partial charge in [0, 0.05) is 0 Å². The molecular weight excluding hydrogens is 431 g/mol. The van der Waals surface area contributed by atoms with E-state index in [9.17, 15) is 0 Å². The van der Waals surface area contributed by atoms with Crippen molar-refractivity contribution in [3.05, 3.63) is 97.1 Å². The number of hydrogen-bond donors (Lipinski definition) is 0. The van der Waals surface area contributed by atoms with Gasteiger partial charge in [0.15, 0.2) is 0 Å². The molecule has 1 heteroatoms. The Labute approximate surface area is 171 Å². The molecular formula is C26H36Sn. The summed E-state index contributed by atoms with van der Waals surface area (Å²) >= 11 is -2.48. The molecule has 0 unspecified atom stereocenters. The summed E-state index contributed by atoms with van der Waals surface area (Å²) in [6.07, 6.45) is 6.88. The summed E-state index contributed by atoms with van der Waals surface area (Å²) in [7, 11) is 0. The molecule has 0 bridgehead atoms. The van der Waals surface area contributed by atoms with Crippen molar-refractivity contribution >= 4 is 18.4 Å². The number of hydrogen-bond acceptors (Lipinski definition) is 0. The quantitative estimate of drug-likeness (QED) is 0.218. The molecule has 0 radical (unpaired) electrons. The normalized spacial score (nSPS) is 13.7. The first-order chi connectivity index (χ1) is 13.2. The van der Waals surface area contributed by atoms with E-state index in [1.165, 1.54) is 41.7 Å². The van der Waals surface area contributed by atoms with Crippen molar-refractivity contribution in [1.82, 2.24) is 0 Å². The van der Waals surface area contributed by atoms with Gasteiger partial charge in [0.05, 0.1) is 0 Å². The molecule has 0 aliphatic rings. The van der Waals surface area contributed by atoms with Crippen LogP contribution in [0.25, 0.3) is 0 Å². The molecule has 2 aromatic carbocycles. The summed E-state index contributed by atoms with van der Waals surface area (Å²) in [6.45, 7) is 13.0. The fourth-order valence-electron chi connectivity index (χ4n) is 4.60. The first-order valence-electron chi connectivity index (χ1n) is 10.5. The molecule has 27 heavy (non-hydrogen) atoms. The molecule has 144 valence electrons. The third-order valence-electron chi connectivity index (χ3n) is 6.04. The molecule has 0 aliphatic carbocycles. The summed E-state index contributed by atoms with van der Waals surface area (Å²) in [4.78, 5) is 0. The van der Waals surface area contributed by atoms with Gasteiger partial charge in [-0.25, -0.2) is 0 Å². The van der Waals surface area contributed by atoms with E-state index < -0.39 is 18.4 Å². The van der Waals surface area contributed by atoms with Crippen LogP contribution in [0, 0.1) is 0 Å². The van der Waals surface area contributed by atoms with E-state index in [-0.39, 0.29) is 0 Å². The molecule has 2 atom stereocenters. The molecule has 2 aromatic rings. The van der Waals surface area contributed by atoms with Crippen LogP contribution in [0.2, 0.25) is 17.7 Å². The number of rotatable bonds is 12. The van der Waals surface area contributed by atoms with Crippen molar-refractivity contribution in [3.63, 3.8) is 0 Å². The Hall–Kier alpha value is -1.28. The second-order valence-electron chi connectivity index (χ2n) is 7.93. The molecule has 0 saturated heterocycles. The van der Waals surface area contributed by atoms with Gasteiger partial charge in [-0.1, -0.05) is 0 Å². The molecule has 0 amide bonds. The van der Waals surface area contributed by atoms with Gasteiger partial charge in [-0.15, -0.1) is 0 Å². The molecule has 0 nitrogen and oxygen atoms in total. The van der Waals surface area contributed by atoms with Crippen molar-refractivity contribution in [2.45, 2.75) is 56.3 Å². The predicted molar refractivity (Wildman–Crippen MR) is 124 cm³/mol. The van der Waals surface area contributed by atoms with Gasteiger partial charge in [-0.3, -0.25) is 0 Å². The molecule has 0 saturated carbocycles. The Morgan fingerprint density at radius 1 is 0.704 bits per heavy atom. The molecule has 2 rings (SSSR count). The Kier molecular flexibility index (Phi) is 9.41. The molecule has 0 aromatic heterocycles. The third kappa shape index (κ3) is 6.38. The average Bonchev–Trinajstić information content (AvgIpc) is 2.72. The summed E-state index contributed by atoms with van der Waals surface area (Å²) in [5.74, 6) is 1.35. The zero-order valence-corrected chi connectivity index (χ0v) is 20.1. The van der Waals surface area contributed by atoms with Crippen molar-refractivity contribution in [3.8, 4) is 0 Å². The number of benzene rings is 2. The summed E-state index contributed by atoms with van der Waals surface area (Å²) in [5.41, 5.74) is 3.03. The fourth-order valence-corrected chi connectivity index (χ4v) is 19.9. The van der Waals surface area contributed by atoms with Crippen LogP contribution < -0.4 is 0 Å². The van der Waals surface area contributed by atoms with Crippen LogP contribution in [0.15, 0.2) is 86.0 Å². The second kappa shape index (κ2) is 11.5. The van der Waals surface area contributed by atoms with E-state index in [0.717, 1.165) is 0 Å². The average molecular weight is 467 g/mol. The standard InChI is InChI=1S/2C10H13.2C3H5.Sn/c2*1-3-9(2)10-7-5-4-6-8-10;2*1-3-2;/h2*4-9H,2-3H2,1H3;2*3H,1-2H2;/t2*9-;;;/m00.../s1. The van der Waals surface area contributed by atoms with Crippen molar-refractivity contribution in [2.24, 2.45) is 0 Å². The van der Waals surface area contributed by atoms with Gasteiger partial charge < -0.3 is 0 Å². The van der Waals surface area contributed by atoms with Crippen LogP contribution in [0.1, 0.15) is 49.7 Å². The molecule has 0 aliphatic heterocycles. The van der Waals surface area contributed by atoms with Crippen LogP contribution in [0.5, 0.6) is 0 Å². The van der Waals surface area contributed by atoms with E-state index in [0.29, 0.717) is 11.8 Å². The van der Waals surface area contributed by atoms with E-state index >= 15 is 0 Å². The molecule has 0 spiro atoms. The van der Waals surface area contributed by atoms with Crippen LogP contribution in [-0.2, 0) is 0 Å². The molecule has 0 heterocycles. The Morgan fingerprint density at radius 3 is 1.37 bits per heavy atom. The second-order valence-corrected chi connectivity index (χ2v) is 21.1. The van der Waals surface area contributed by atoms with Gasteiger partial charge in [-0.05, 0) is 0 Å². The zero-order valence-electron chi connectivity index (χ0n) is 17.2. The Morgan fingerprint density at radius 2 is 1.07 bits per heavy atom. The van der Waals surface area contributed by atoms with Crippen molar-refractivity contribution in [2.75, 3.05) is 0 Å². The van der Waals surface area contributed by atoms with Gasteiger partial charge in [0.2, 0.25) is 0 Å². The third-order valence-corrected chi connectivity index (χ3v) is 20.4.